The van der Waals surface area contributed by atoms with Crippen molar-refractivity contribution in [1.82, 2.24) is 0 Å². The van der Waals surface area contributed by atoms with Gasteiger partial charge < -0.3 is 10.1 Å². The van der Waals surface area contributed by atoms with Crippen LogP contribution in [0.1, 0.15) is 16.7 Å². The predicted molar refractivity (Wildman–Crippen MR) is 118 cm³/mol. The molecule has 1 aliphatic heterocycles. The molecule has 0 atom stereocenters. The van der Waals surface area contributed by atoms with Crippen molar-refractivity contribution >= 4 is 28.8 Å². The van der Waals surface area contributed by atoms with Crippen molar-refractivity contribution in [3.8, 4) is 5.75 Å². The van der Waals surface area contributed by atoms with E-state index in [4.69, 9.17) is 4.74 Å². The highest BCUT2D eigenvalue weighted by Gasteiger charge is 2.40. The average molecular weight is 398 g/mol. The number of nitrogens with one attached hydrogen (secondary N) is 1. The molecule has 5 nitrogen and oxygen atoms in total. The quantitative estimate of drug-likeness (QED) is 0.633. The summed E-state index contributed by atoms with van der Waals surface area (Å²) in [5, 5.41) is 3.16. The van der Waals surface area contributed by atoms with Crippen LogP contribution in [0.3, 0.4) is 0 Å². The predicted octanol–water partition coefficient (Wildman–Crippen LogP) is 4.71. The molecule has 0 saturated carbocycles. The number of methoxy groups -OCH3 is 1. The molecule has 2 amide bonds. The highest BCUT2D eigenvalue weighted by Crippen LogP contribution is 2.36. The number of carbonyl (C=O) groups is 2. The number of benzene rings is 3. The van der Waals surface area contributed by atoms with Crippen LogP contribution in [-0.2, 0) is 9.59 Å². The van der Waals surface area contributed by atoms with Crippen LogP contribution in [0.15, 0.2) is 78.5 Å². The molecule has 0 bridgehead atoms. The van der Waals surface area contributed by atoms with Gasteiger partial charge in [0.1, 0.15) is 11.4 Å². The topological polar surface area (TPSA) is 58.6 Å². The summed E-state index contributed by atoms with van der Waals surface area (Å²) >= 11 is 0. The molecule has 1 aliphatic rings. The maximum absolute atomic E-state index is 13.5. The second-order valence-electron chi connectivity index (χ2n) is 7.23. The number of rotatable bonds is 5. The van der Waals surface area contributed by atoms with E-state index in [1.165, 1.54) is 4.90 Å². The van der Waals surface area contributed by atoms with Crippen molar-refractivity contribution in [2.24, 2.45) is 0 Å². The zero-order valence-electron chi connectivity index (χ0n) is 17.1. The van der Waals surface area contributed by atoms with E-state index in [1.807, 2.05) is 80.6 Å². The third-order valence-electron chi connectivity index (χ3n) is 4.98. The molecule has 0 aromatic heterocycles. The summed E-state index contributed by atoms with van der Waals surface area (Å²) < 4.78 is 5.41. The van der Waals surface area contributed by atoms with Crippen molar-refractivity contribution in [2.75, 3.05) is 17.3 Å². The Kier molecular flexibility index (Phi) is 5.11. The van der Waals surface area contributed by atoms with Crippen molar-refractivity contribution in [1.29, 1.82) is 0 Å². The molecule has 0 aliphatic carbocycles. The summed E-state index contributed by atoms with van der Waals surface area (Å²) in [6.45, 7) is 3.89. The minimum absolute atomic E-state index is 0.231. The van der Waals surface area contributed by atoms with Crippen molar-refractivity contribution in [2.45, 2.75) is 13.8 Å². The number of imide groups is 1. The molecule has 5 heteroatoms. The van der Waals surface area contributed by atoms with Crippen molar-refractivity contribution in [3.63, 3.8) is 0 Å². The molecule has 0 saturated heterocycles. The van der Waals surface area contributed by atoms with Gasteiger partial charge in [-0.3, -0.25) is 9.59 Å². The Balaban J connectivity index is 1.85. The zero-order valence-corrected chi connectivity index (χ0v) is 17.1. The van der Waals surface area contributed by atoms with Gasteiger partial charge in [0.15, 0.2) is 0 Å². The number of carbonyl (C=O) groups excluding carboxylic acids is 2. The van der Waals surface area contributed by atoms with Gasteiger partial charge in [0, 0.05) is 0 Å². The summed E-state index contributed by atoms with van der Waals surface area (Å²) in [4.78, 5) is 28.2. The monoisotopic (exact) mass is 398 g/mol. The maximum Gasteiger partial charge on any atom is 0.282 e. The lowest BCUT2D eigenvalue weighted by molar-refractivity contribution is -0.120. The molecule has 3 aromatic carbocycles. The van der Waals surface area contributed by atoms with Gasteiger partial charge in [0.25, 0.3) is 11.8 Å². The Labute approximate surface area is 175 Å². The molecule has 1 heterocycles. The van der Waals surface area contributed by atoms with Crippen LogP contribution < -0.4 is 15.0 Å². The molecule has 150 valence electrons. The summed E-state index contributed by atoms with van der Waals surface area (Å²) in [5.41, 5.74) is 4.40. The fraction of sp³-hybridized carbons (Fsp3) is 0.120. The highest BCUT2D eigenvalue weighted by molar-refractivity contribution is 6.46. The lowest BCUT2D eigenvalue weighted by Gasteiger charge is -2.17. The molecule has 4 rings (SSSR count). The molecular formula is C25H22N2O3. The van der Waals surface area contributed by atoms with E-state index >= 15 is 0 Å². The van der Waals surface area contributed by atoms with Crippen LogP contribution in [-0.4, -0.2) is 18.9 Å². The van der Waals surface area contributed by atoms with Gasteiger partial charge in [-0.05, 0) is 54.8 Å². The van der Waals surface area contributed by atoms with Gasteiger partial charge in [-0.25, -0.2) is 4.90 Å². The number of hydrogen-bond acceptors (Lipinski definition) is 4. The first kappa shape index (κ1) is 19.5. The fourth-order valence-corrected chi connectivity index (χ4v) is 3.72. The van der Waals surface area contributed by atoms with E-state index in [9.17, 15) is 9.59 Å². The SMILES string of the molecule is COc1ccccc1NC1=C(c2ccccc2)C(=O)N(c2cc(C)cc(C)c2)C1=O. The average Bonchev–Trinajstić information content (AvgIpc) is 2.98. The van der Waals surface area contributed by atoms with Gasteiger partial charge in [-0.2, -0.15) is 0 Å². The molecule has 1 N–H and O–H groups in total. The minimum Gasteiger partial charge on any atom is -0.495 e. The van der Waals surface area contributed by atoms with E-state index in [0.717, 1.165) is 11.1 Å². The van der Waals surface area contributed by atoms with Crippen LogP contribution in [0.5, 0.6) is 5.75 Å². The van der Waals surface area contributed by atoms with E-state index < -0.39 is 5.91 Å². The van der Waals surface area contributed by atoms with E-state index in [-0.39, 0.29) is 11.6 Å². The summed E-state index contributed by atoms with van der Waals surface area (Å²) in [6.07, 6.45) is 0. The lowest BCUT2D eigenvalue weighted by Crippen LogP contribution is -2.32. The number of ether oxygens (including phenoxy) is 1. The van der Waals surface area contributed by atoms with Gasteiger partial charge in [0.2, 0.25) is 0 Å². The Morgan fingerprint density at radius 2 is 1.43 bits per heavy atom. The maximum atomic E-state index is 13.5. The highest BCUT2D eigenvalue weighted by atomic mass is 16.5. The van der Waals surface area contributed by atoms with Gasteiger partial charge in [-0.15, -0.1) is 0 Å². The number of anilines is 2. The summed E-state index contributed by atoms with van der Waals surface area (Å²) in [7, 11) is 1.57. The largest absolute Gasteiger partial charge is 0.495 e. The summed E-state index contributed by atoms with van der Waals surface area (Å²) in [5.74, 6) is -0.161. The standard InChI is InChI=1S/C25H22N2O3/c1-16-13-17(2)15-19(14-16)27-24(28)22(18-9-5-4-6-10-18)23(25(27)29)26-20-11-7-8-12-21(20)30-3/h4-15,26H,1-3H3. The molecule has 3 aromatic rings. The second-order valence-corrected chi connectivity index (χ2v) is 7.23. The minimum atomic E-state index is -0.394. The lowest BCUT2D eigenvalue weighted by atomic mass is 10.0. The first-order chi connectivity index (χ1) is 14.5. The molecule has 0 unspecified atom stereocenters. The van der Waals surface area contributed by atoms with Crippen LogP contribution in [0.2, 0.25) is 0 Å². The number of amides is 2. The molecule has 0 fully saturated rings. The Morgan fingerprint density at radius 3 is 2.10 bits per heavy atom. The van der Waals surface area contributed by atoms with E-state index in [1.54, 1.807) is 13.2 Å². The van der Waals surface area contributed by atoms with Gasteiger partial charge >= 0.3 is 0 Å². The smallest absolute Gasteiger partial charge is 0.282 e. The number of nitrogens with zero attached hydrogens (tertiary/aromatic N) is 1. The Hall–Kier alpha value is -3.86. The Morgan fingerprint density at radius 1 is 0.800 bits per heavy atom. The third-order valence-corrected chi connectivity index (χ3v) is 4.98. The van der Waals surface area contributed by atoms with Crippen LogP contribution in [0.4, 0.5) is 11.4 Å². The van der Waals surface area contributed by atoms with Crippen LogP contribution >= 0.6 is 0 Å². The fourth-order valence-electron chi connectivity index (χ4n) is 3.72. The van der Waals surface area contributed by atoms with Crippen molar-refractivity contribution < 1.29 is 14.3 Å². The first-order valence-electron chi connectivity index (χ1n) is 9.66. The van der Waals surface area contributed by atoms with Crippen LogP contribution in [0, 0.1) is 13.8 Å². The molecule has 0 radical (unpaired) electrons. The van der Waals surface area contributed by atoms with E-state index in [0.29, 0.717) is 28.3 Å². The van der Waals surface area contributed by atoms with Gasteiger partial charge in [-0.1, -0.05) is 48.5 Å². The Bertz CT molecular complexity index is 1150. The third kappa shape index (κ3) is 3.46. The number of para-hydroxylation sites is 2. The summed E-state index contributed by atoms with van der Waals surface area (Å²) in [6, 6.07) is 22.2. The molecule has 30 heavy (non-hydrogen) atoms. The molecule has 0 spiro atoms. The first-order valence-corrected chi connectivity index (χ1v) is 9.66. The zero-order chi connectivity index (χ0) is 21.3. The number of aryl methyl sites for hydroxylation is 2. The normalized spacial score (nSPS) is 13.8. The molecular weight excluding hydrogens is 376 g/mol. The second kappa shape index (κ2) is 7.87. The number of hydrogen-bond donors (Lipinski definition) is 1. The van der Waals surface area contributed by atoms with Gasteiger partial charge in [0.05, 0.1) is 24.1 Å². The van der Waals surface area contributed by atoms with Crippen molar-refractivity contribution in [3.05, 3.63) is 95.2 Å². The van der Waals surface area contributed by atoms with E-state index in [2.05, 4.69) is 5.32 Å². The van der Waals surface area contributed by atoms with Crippen LogP contribution in [0.25, 0.3) is 5.57 Å².